The number of hydrogen-bond acceptors (Lipinski definition) is 2. The van der Waals surface area contributed by atoms with Crippen LogP contribution in [-0.2, 0) is 4.74 Å². The Morgan fingerprint density at radius 2 is 1.72 bits per heavy atom. The summed E-state index contributed by atoms with van der Waals surface area (Å²) in [5.74, 6) is -0.247. The molecule has 4 rings (SSSR count). The zero-order valence-corrected chi connectivity index (χ0v) is 14.2. The number of nitrogens with one attached hydrogen (secondary N) is 1. The van der Waals surface area contributed by atoms with Crippen LogP contribution in [0.3, 0.4) is 0 Å². The van der Waals surface area contributed by atoms with E-state index in [0.29, 0.717) is 11.7 Å². The Kier molecular flexibility index (Phi) is 4.57. The van der Waals surface area contributed by atoms with Gasteiger partial charge in [-0.25, -0.2) is 4.39 Å². The second kappa shape index (κ2) is 7.00. The van der Waals surface area contributed by atoms with Crippen LogP contribution in [0, 0.1) is 5.82 Å². The molecule has 2 fully saturated rings. The van der Waals surface area contributed by atoms with Crippen molar-refractivity contribution >= 4 is 5.91 Å². The maximum absolute atomic E-state index is 13.1. The molecule has 1 aliphatic heterocycles. The van der Waals surface area contributed by atoms with Crippen LogP contribution in [0.1, 0.15) is 42.5 Å². The minimum absolute atomic E-state index is 0.0302. The van der Waals surface area contributed by atoms with Gasteiger partial charge in [-0.15, -0.1) is 0 Å². The van der Waals surface area contributed by atoms with Gasteiger partial charge in [0.05, 0.1) is 17.8 Å². The number of aromatic amines is 1. The first-order valence-corrected chi connectivity index (χ1v) is 9.08. The summed E-state index contributed by atoms with van der Waals surface area (Å²) in [5, 5.41) is 0. The Morgan fingerprint density at radius 1 is 1.04 bits per heavy atom. The summed E-state index contributed by atoms with van der Waals surface area (Å²) in [4.78, 5) is 17.8. The van der Waals surface area contributed by atoms with Crippen molar-refractivity contribution < 1.29 is 13.9 Å². The minimum atomic E-state index is -0.277. The van der Waals surface area contributed by atoms with Gasteiger partial charge in [-0.05, 0) is 49.8 Å². The average molecular weight is 342 g/mol. The quantitative estimate of drug-likeness (QED) is 0.913. The van der Waals surface area contributed by atoms with Crippen molar-refractivity contribution in [2.75, 3.05) is 13.1 Å². The molecule has 132 valence electrons. The van der Waals surface area contributed by atoms with Crippen LogP contribution in [-0.4, -0.2) is 41.1 Å². The van der Waals surface area contributed by atoms with E-state index in [1.807, 2.05) is 4.90 Å². The maximum atomic E-state index is 13.1. The van der Waals surface area contributed by atoms with E-state index in [4.69, 9.17) is 4.74 Å². The van der Waals surface area contributed by atoms with Gasteiger partial charge in [-0.3, -0.25) is 4.79 Å². The molecule has 0 atom stereocenters. The highest BCUT2D eigenvalue weighted by Crippen LogP contribution is 2.28. The Bertz CT molecular complexity index is 728. The van der Waals surface area contributed by atoms with Gasteiger partial charge in [0, 0.05) is 31.0 Å². The number of ether oxygens (including phenoxy) is 1. The maximum Gasteiger partial charge on any atom is 0.256 e. The van der Waals surface area contributed by atoms with E-state index in [1.54, 1.807) is 24.5 Å². The summed E-state index contributed by atoms with van der Waals surface area (Å²) in [6, 6.07) is 6.24. The number of nitrogens with zero attached hydrogens (tertiary/aromatic N) is 1. The number of H-pyrrole nitrogens is 1. The smallest absolute Gasteiger partial charge is 0.256 e. The van der Waals surface area contributed by atoms with Crippen LogP contribution in [0.25, 0.3) is 11.1 Å². The first-order chi connectivity index (χ1) is 12.2. The zero-order valence-electron chi connectivity index (χ0n) is 14.2. The number of piperidine rings is 1. The molecule has 1 saturated heterocycles. The van der Waals surface area contributed by atoms with E-state index >= 15 is 0 Å². The summed E-state index contributed by atoms with van der Waals surface area (Å²) >= 11 is 0. The highest BCUT2D eigenvalue weighted by molar-refractivity contribution is 6.00. The molecule has 1 aromatic heterocycles. The SMILES string of the molecule is O=C(c1c[nH]cc1-c1ccc(F)cc1)N1CCC(OC2CCC2)CC1. The molecule has 1 amide bonds. The van der Waals surface area contributed by atoms with Gasteiger partial charge < -0.3 is 14.6 Å². The molecular formula is C20H23FN2O2. The fourth-order valence-electron chi connectivity index (χ4n) is 3.55. The van der Waals surface area contributed by atoms with Crippen molar-refractivity contribution in [1.82, 2.24) is 9.88 Å². The van der Waals surface area contributed by atoms with Gasteiger partial charge in [-0.1, -0.05) is 12.1 Å². The number of carbonyl (C=O) groups excluding carboxylic acids is 1. The van der Waals surface area contributed by atoms with Gasteiger partial charge in [0.1, 0.15) is 5.82 Å². The van der Waals surface area contributed by atoms with Crippen molar-refractivity contribution in [2.24, 2.45) is 0 Å². The molecule has 1 aromatic carbocycles. The van der Waals surface area contributed by atoms with E-state index in [-0.39, 0.29) is 17.8 Å². The van der Waals surface area contributed by atoms with Crippen molar-refractivity contribution in [3.8, 4) is 11.1 Å². The van der Waals surface area contributed by atoms with Gasteiger partial charge >= 0.3 is 0 Å². The molecule has 0 unspecified atom stereocenters. The molecule has 1 saturated carbocycles. The highest BCUT2D eigenvalue weighted by Gasteiger charge is 2.29. The fourth-order valence-corrected chi connectivity index (χ4v) is 3.55. The Balaban J connectivity index is 1.42. The number of aromatic nitrogens is 1. The number of halogens is 1. The number of amides is 1. The van der Waals surface area contributed by atoms with E-state index in [1.165, 1.54) is 31.4 Å². The molecule has 2 aliphatic rings. The number of likely N-dealkylation sites (tertiary alicyclic amines) is 1. The number of carbonyl (C=O) groups is 1. The largest absolute Gasteiger partial charge is 0.375 e. The topological polar surface area (TPSA) is 45.3 Å². The average Bonchev–Trinajstić information content (AvgIpc) is 3.08. The van der Waals surface area contributed by atoms with E-state index in [0.717, 1.165) is 37.1 Å². The lowest BCUT2D eigenvalue weighted by Crippen LogP contribution is -2.42. The Morgan fingerprint density at radius 3 is 2.36 bits per heavy atom. The second-order valence-electron chi connectivity index (χ2n) is 6.97. The summed E-state index contributed by atoms with van der Waals surface area (Å²) in [6.07, 6.45) is 9.72. The lowest BCUT2D eigenvalue weighted by Gasteiger charge is -2.36. The third-order valence-corrected chi connectivity index (χ3v) is 5.30. The van der Waals surface area contributed by atoms with Gasteiger partial charge in [0.15, 0.2) is 0 Å². The van der Waals surface area contributed by atoms with Crippen LogP contribution >= 0.6 is 0 Å². The number of hydrogen-bond donors (Lipinski definition) is 1. The van der Waals surface area contributed by atoms with E-state index < -0.39 is 0 Å². The third kappa shape index (κ3) is 3.47. The van der Waals surface area contributed by atoms with Crippen molar-refractivity contribution in [2.45, 2.75) is 44.3 Å². The summed E-state index contributed by atoms with van der Waals surface area (Å²) in [6.45, 7) is 1.45. The summed E-state index contributed by atoms with van der Waals surface area (Å²) in [5.41, 5.74) is 2.30. The van der Waals surface area contributed by atoms with E-state index in [2.05, 4.69) is 4.98 Å². The standard InChI is InChI=1S/C20H23FN2O2/c21-15-6-4-14(5-7-15)18-12-22-13-19(18)20(24)23-10-8-17(9-11-23)25-16-2-1-3-16/h4-7,12-13,16-17,22H,1-3,8-11H2. The van der Waals surface area contributed by atoms with Gasteiger partial charge in [0.25, 0.3) is 5.91 Å². The van der Waals surface area contributed by atoms with Crippen LogP contribution in [0.15, 0.2) is 36.7 Å². The molecule has 25 heavy (non-hydrogen) atoms. The molecule has 0 spiro atoms. The summed E-state index contributed by atoms with van der Waals surface area (Å²) in [7, 11) is 0. The number of benzene rings is 1. The van der Waals surface area contributed by atoms with Crippen molar-refractivity contribution in [3.63, 3.8) is 0 Å². The Labute approximate surface area is 147 Å². The van der Waals surface area contributed by atoms with Gasteiger partial charge in [-0.2, -0.15) is 0 Å². The van der Waals surface area contributed by atoms with Crippen LogP contribution in [0.4, 0.5) is 4.39 Å². The summed E-state index contributed by atoms with van der Waals surface area (Å²) < 4.78 is 19.2. The third-order valence-electron chi connectivity index (χ3n) is 5.30. The van der Waals surface area contributed by atoms with Crippen LogP contribution in [0.2, 0.25) is 0 Å². The van der Waals surface area contributed by atoms with Crippen LogP contribution < -0.4 is 0 Å². The minimum Gasteiger partial charge on any atom is -0.375 e. The monoisotopic (exact) mass is 342 g/mol. The predicted molar refractivity (Wildman–Crippen MR) is 93.8 cm³/mol. The fraction of sp³-hybridized carbons (Fsp3) is 0.450. The molecule has 0 radical (unpaired) electrons. The van der Waals surface area contributed by atoms with Crippen molar-refractivity contribution in [1.29, 1.82) is 0 Å². The second-order valence-corrected chi connectivity index (χ2v) is 6.97. The normalized spacial score (nSPS) is 19.0. The first kappa shape index (κ1) is 16.3. The number of rotatable bonds is 4. The molecule has 4 nitrogen and oxygen atoms in total. The molecule has 1 aliphatic carbocycles. The Hall–Kier alpha value is -2.14. The first-order valence-electron chi connectivity index (χ1n) is 9.08. The highest BCUT2D eigenvalue weighted by atomic mass is 19.1. The predicted octanol–water partition coefficient (Wildman–Crippen LogP) is 3.99. The molecule has 2 aromatic rings. The molecule has 1 N–H and O–H groups in total. The molecule has 2 heterocycles. The van der Waals surface area contributed by atoms with Gasteiger partial charge in [0.2, 0.25) is 0 Å². The molecule has 0 bridgehead atoms. The zero-order chi connectivity index (χ0) is 17.2. The lowest BCUT2D eigenvalue weighted by molar-refractivity contribution is -0.0705. The van der Waals surface area contributed by atoms with Crippen molar-refractivity contribution in [3.05, 3.63) is 48.0 Å². The lowest BCUT2D eigenvalue weighted by atomic mass is 9.95. The van der Waals surface area contributed by atoms with Crippen LogP contribution in [0.5, 0.6) is 0 Å². The molecule has 5 heteroatoms. The molecular weight excluding hydrogens is 319 g/mol. The van der Waals surface area contributed by atoms with E-state index in [9.17, 15) is 9.18 Å².